The number of pyridine rings is 3. The van der Waals surface area contributed by atoms with Crippen molar-refractivity contribution in [3.05, 3.63) is 88.7 Å². The fraction of sp³-hybridized carbons (Fsp3) is 0.304. The molecule has 30 heavy (non-hydrogen) atoms. The highest BCUT2D eigenvalue weighted by Gasteiger charge is 2.42. The van der Waals surface area contributed by atoms with Crippen molar-refractivity contribution in [1.82, 2.24) is 19.9 Å². The topological polar surface area (TPSA) is 68.2 Å². The summed E-state index contributed by atoms with van der Waals surface area (Å²) in [5, 5.41) is 0. The summed E-state index contributed by atoms with van der Waals surface area (Å²) in [6.07, 6.45) is 8.99. The zero-order valence-electron chi connectivity index (χ0n) is 16.7. The number of rotatable bonds is 6. The molecule has 0 amide bonds. The Bertz CT molecular complexity index is 947. The second-order valence-electron chi connectivity index (χ2n) is 7.30. The van der Waals surface area contributed by atoms with Gasteiger partial charge in [-0.25, -0.2) is 4.98 Å². The second-order valence-corrected chi connectivity index (χ2v) is 8.11. The van der Waals surface area contributed by atoms with Crippen molar-refractivity contribution < 1.29 is 9.53 Å². The first kappa shape index (κ1) is 20.6. The number of hydrogen-bond acceptors (Lipinski definition) is 6. The first-order valence-corrected chi connectivity index (χ1v) is 10.7. The van der Waals surface area contributed by atoms with Crippen molar-refractivity contribution in [3.63, 3.8) is 0 Å². The van der Waals surface area contributed by atoms with Gasteiger partial charge in [0, 0.05) is 30.7 Å². The number of methoxy groups -OCH3 is 1. The van der Waals surface area contributed by atoms with Crippen LogP contribution in [0.4, 0.5) is 0 Å². The summed E-state index contributed by atoms with van der Waals surface area (Å²) < 4.78 is 5.89. The van der Waals surface area contributed by atoms with Crippen LogP contribution >= 0.6 is 15.9 Å². The molecule has 4 rings (SSSR count). The summed E-state index contributed by atoms with van der Waals surface area (Å²) in [4.78, 5) is 28.3. The molecule has 0 aliphatic carbocycles. The summed E-state index contributed by atoms with van der Waals surface area (Å²) in [6, 6.07) is 13.4. The van der Waals surface area contributed by atoms with E-state index in [0.29, 0.717) is 0 Å². The number of hydrogen-bond donors (Lipinski definition) is 0. The largest absolute Gasteiger partial charge is 0.468 e. The van der Waals surface area contributed by atoms with Crippen molar-refractivity contribution >= 4 is 21.9 Å². The number of ether oxygens (including phenoxy) is 1. The van der Waals surface area contributed by atoms with Gasteiger partial charge in [-0.3, -0.25) is 19.7 Å². The molecule has 0 aromatic carbocycles. The van der Waals surface area contributed by atoms with Crippen molar-refractivity contribution in [2.75, 3.05) is 13.7 Å². The molecule has 1 saturated heterocycles. The summed E-state index contributed by atoms with van der Waals surface area (Å²) in [7, 11) is 1.45. The third-order valence-electron chi connectivity index (χ3n) is 5.57. The Morgan fingerprint density at radius 3 is 2.37 bits per heavy atom. The van der Waals surface area contributed by atoms with Crippen LogP contribution in [0.25, 0.3) is 0 Å². The van der Waals surface area contributed by atoms with Gasteiger partial charge in [0.05, 0.1) is 18.8 Å². The highest BCUT2D eigenvalue weighted by Crippen LogP contribution is 2.43. The van der Waals surface area contributed by atoms with E-state index in [1.165, 1.54) is 7.11 Å². The van der Waals surface area contributed by atoms with E-state index in [1.807, 2.05) is 42.7 Å². The molecule has 7 heteroatoms. The van der Waals surface area contributed by atoms with Gasteiger partial charge < -0.3 is 4.74 Å². The van der Waals surface area contributed by atoms with E-state index in [-0.39, 0.29) is 24.0 Å². The smallest absolute Gasteiger partial charge is 0.323 e. The molecule has 4 heterocycles. The quantitative estimate of drug-likeness (QED) is 0.401. The van der Waals surface area contributed by atoms with Gasteiger partial charge in [0.25, 0.3) is 0 Å². The van der Waals surface area contributed by atoms with Crippen LogP contribution in [0.15, 0.2) is 71.9 Å². The fourth-order valence-electron chi connectivity index (χ4n) is 4.31. The normalized spacial score (nSPS) is 17.8. The average molecular weight is 467 g/mol. The third kappa shape index (κ3) is 4.27. The maximum Gasteiger partial charge on any atom is 0.323 e. The van der Waals surface area contributed by atoms with Gasteiger partial charge in [-0.05, 0) is 70.7 Å². The molecule has 1 fully saturated rings. The molecule has 3 aromatic heterocycles. The minimum atomic E-state index is -0.309. The Kier molecular flexibility index (Phi) is 6.50. The van der Waals surface area contributed by atoms with E-state index < -0.39 is 0 Å². The van der Waals surface area contributed by atoms with Crippen molar-refractivity contribution in [3.8, 4) is 0 Å². The Morgan fingerprint density at radius 1 is 1.10 bits per heavy atom. The summed E-state index contributed by atoms with van der Waals surface area (Å²) in [5.74, 6) is -0.303. The van der Waals surface area contributed by atoms with Crippen LogP contribution < -0.4 is 0 Å². The summed E-state index contributed by atoms with van der Waals surface area (Å²) >= 11 is 3.51. The van der Waals surface area contributed by atoms with Crippen molar-refractivity contribution in [2.24, 2.45) is 0 Å². The van der Waals surface area contributed by atoms with E-state index in [9.17, 15) is 4.79 Å². The van der Waals surface area contributed by atoms with Gasteiger partial charge in [-0.2, -0.15) is 0 Å². The molecule has 0 saturated carbocycles. The maximum atomic E-state index is 12.6. The molecule has 1 unspecified atom stereocenters. The lowest BCUT2D eigenvalue weighted by Crippen LogP contribution is -2.42. The van der Waals surface area contributed by atoms with Crippen LogP contribution in [0.5, 0.6) is 0 Å². The number of carbonyl (C=O) groups is 1. The Labute approximate surface area is 184 Å². The first-order chi connectivity index (χ1) is 14.7. The van der Waals surface area contributed by atoms with Crippen molar-refractivity contribution in [2.45, 2.75) is 30.8 Å². The highest BCUT2D eigenvalue weighted by molar-refractivity contribution is 9.10. The number of aromatic nitrogens is 3. The number of halogens is 1. The lowest BCUT2D eigenvalue weighted by Gasteiger charge is -2.37. The van der Waals surface area contributed by atoms with Crippen molar-refractivity contribution in [1.29, 1.82) is 0 Å². The second kappa shape index (κ2) is 9.45. The molecule has 1 aliphatic heterocycles. The number of esters is 1. The van der Waals surface area contributed by atoms with Crippen LogP contribution in [0, 0.1) is 0 Å². The average Bonchev–Trinajstić information content (AvgIpc) is 3.27. The van der Waals surface area contributed by atoms with Gasteiger partial charge in [-0.1, -0.05) is 18.2 Å². The minimum absolute atomic E-state index is 0.0977. The molecule has 0 radical (unpaired) electrons. The van der Waals surface area contributed by atoms with Gasteiger partial charge in [0.2, 0.25) is 0 Å². The van der Waals surface area contributed by atoms with E-state index in [2.05, 4.69) is 42.9 Å². The van der Waals surface area contributed by atoms with Crippen LogP contribution in [0.1, 0.15) is 41.6 Å². The monoisotopic (exact) mass is 466 g/mol. The van der Waals surface area contributed by atoms with Crippen LogP contribution in [-0.2, 0) is 9.53 Å². The molecule has 0 bridgehead atoms. The van der Waals surface area contributed by atoms with E-state index >= 15 is 0 Å². The number of carbonyl (C=O) groups excluding carboxylic acids is 1. The number of likely N-dealkylation sites (tertiary alicyclic amines) is 1. The third-order valence-corrected chi connectivity index (χ3v) is 6.01. The molecule has 6 nitrogen and oxygen atoms in total. The molecule has 0 spiro atoms. The van der Waals surface area contributed by atoms with Crippen LogP contribution in [0.3, 0.4) is 0 Å². The molecule has 154 valence electrons. The molecule has 2 atom stereocenters. The maximum absolute atomic E-state index is 12.6. The molecular weight excluding hydrogens is 444 g/mol. The van der Waals surface area contributed by atoms with E-state index in [4.69, 9.17) is 9.72 Å². The highest BCUT2D eigenvalue weighted by atomic mass is 79.9. The Morgan fingerprint density at radius 2 is 1.80 bits per heavy atom. The molecular formula is C23H23BrN4O2. The lowest BCUT2D eigenvalue weighted by atomic mass is 9.83. The number of nitrogens with zero attached hydrogens (tertiary/aromatic N) is 4. The lowest BCUT2D eigenvalue weighted by molar-refractivity contribution is -0.146. The summed E-state index contributed by atoms with van der Waals surface area (Å²) in [6.45, 7) is 0.787. The Hall–Kier alpha value is -2.64. The Balaban J connectivity index is 1.89. The van der Waals surface area contributed by atoms with Gasteiger partial charge >= 0.3 is 5.97 Å². The molecule has 3 aromatic rings. The predicted molar refractivity (Wildman–Crippen MR) is 117 cm³/mol. The van der Waals surface area contributed by atoms with Gasteiger partial charge in [0.15, 0.2) is 0 Å². The van der Waals surface area contributed by atoms with Gasteiger partial charge in [0.1, 0.15) is 10.6 Å². The minimum Gasteiger partial charge on any atom is -0.468 e. The molecule has 0 N–H and O–H groups in total. The van der Waals surface area contributed by atoms with E-state index in [0.717, 1.165) is 40.8 Å². The molecule has 1 aliphatic rings. The zero-order chi connectivity index (χ0) is 20.9. The summed E-state index contributed by atoms with van der Waals surface area (Å²) in [5.41, 5.74) is 2.98. The van der Waals surface area contributed by atoms with E-state index in [1.54, 1.807) is 12.4 Å². The fourth-order valence-corrected chi connectivity index (χ4v) is 4.67. The SMILES string of the molecule is COC(=O)[C@@H]1CCCN1C(c1cccc(Br)n1)C(c1cccnc1)c1cccnc1. The first-order valence-electron chi connectivity index (χ1n) is 9.95. The van der Waals surface area contributed by atoms with Gasteiger partial charge in [-0.15, -0.1) is 0 Å². The standard InChI is InChI=1S/C23H23BrN4O2/c1-30-23(29)19-9-5-13-28(19)22(18-8-2-10-20(24)27-18)21(16-6-3-11-25-14-16)17-7-4-12-26-15-17/h2-4,6-8,10-12,14-15,19,21-22H,5,9,13H2,1H3/t19-,22?/m0/s1. The van der Waals surface area contributed by atoms with Crippen LogP contribution in [-0.4, -0.2) is 45.5 Å². The predicted octanol–water partition coefficient (Wildman–Crippen LogP) is 4.14. The van der Waals surface area contributed by atoms with Crippen LogP contribution in [0.2, 0.25) is 0 Å². The zero-order valence-corrected chi connectivity index (χ0v) is 18.3.